The van der Waals surface area contributed by atoms with Crippen LogP contribution in [0.4, 0.5) is 5.69 Å². The topological polar surface area (TPSA) is 92.8 Å². The SMILES string of the molecule is COC(=O)c1ccc(CN(C)C(=O)c2ccc(NS(=O)(=O)c3cccs3)cc2)cc1. The third-order valence-corrected chi connectivity index (χ3v) is 7.06. The van der Waals surface area contributed by atoms with Gasteiger partial charge in [0.2, 0.25) is 0 Å². The smallest absolute Gasteiger partial charge is 0.337 e. The van der Waals surface area contributed by atoms with Gasteiger partial charge >= 0.3 is 5.97 Å². The first-order chi connectivity index (χ1) is 14.3. The number of nitrogens with one attached hydrogen (secondary N) is 1. The predicted molar refractivity (Wildman–Crippen MR) is 115 cm³/mol. The van der Waals surface area contributed by atoms with Crippen LogP contribution in [-0.2, 0) is 21.3 Å². The number of benzene rings is 2. The number of hydrogen-bond donors (Lipinski definition) is 1. The fraction of sp³-hybridized carbons (Fsp3) is 0.143. The van der Waals surface area contributed by atoms with Gasteiger partial charge in [0.25, 0.3) is 15.9 Å². The van der Waals surface area contributed by atoms with Gasteiger partial charge in [0.15, 0.2) is 0 Å². The van der Waals surface area contributed by atoms with E-state index < -0.39 is 16.0 Å². The Balaban J connectivity index is 1.64. The van der Waals surface area contributed by atoms with Crippen LogP contribution < -0.4 is 4.72 Å². The quantitative estimate of drug-likeness (QED) is 0.562. The zero-order valence-electron chi connectivity index (χ0n) is 16.4. The zero-order chi connectivity index (χ0) is 21.7. The molecule has 1 N–H and O–H groups in total. The molecular formula is C21H20N2O5S2. The summed E-state index contributed by atoms with van der Waals surface area (Å²) in [5.41, 5.74) is 2.11. The van der Waals surface area contributed by atoms with E-state index in [4.69, 9.17) is 0 Å². The molecule has 0 aliphatic heterocycles. The van der Waals surface area contributed by atoms with E-state index in [0.29, 0.717) is 23.4 Å². The van der Waals surface area contributed by atoms with Gasteiger partial charge in [-0.3, -0.25) is 9.52 Å². The van der Waals surface area contributed by atoms with Crippen LogP contribution in [0.3, 0.4) is 0 Å². The Bertz CT molecular complexity index is 1120. The Morgan fingerprint density at radius 1 is 1.00 bits per heavy atom. The van der Waals surface area contributed by atoms with E-state index in [9.17, 15) is 18.0 Å². The Morgan fingerprint density at radius 2 is 1.63 bits per heavy atom. The average molecular weight is 445 g/mol. The van der Waals surface area contributed by atoms with Crippen molar-refractivity contribution >= 4 is 38.9 Å². The Morgan fingerprint density at radius 3 is 2.20 bits per heavy atom. The van der Waals surface area contributed by atoms with Crippen molar-refractivity contribution in [3.8, 4) is 0 Å². The van der Waals surface area contributed by atoms with Crippen LogP contribution in [0, 0.1) is 0 Å². The van der Waals surface area contributed by atoms with E-state index in [2.05, 4.69) is 9.46 Å². The van der Waals surface area contributed by atoms with Crippen molar-refractivity contribution in [2.75, 3.05) is 18.9 Å². The van der Waals surface area contributed by atoms with Gasteiger partial charge in [0.1, 0.15) is 4.21 Å². The number of hydrogen-bond acceptors (Lipinski definition) is 6. The number of carbonyl (C=O) groups is 2. The van der Waals surface area contributed by atoms with Crippen molar-refractivity contribution in [3.05, 3.63) is 82.7 Å². The van der Waals surface area contributed by atoms with Crippen molar-refractivity contribution in [1.29, 1.82) is 0 Å². The van der Waals surface area contributed by atoms with Crippen molar-refractivity contribution in [2.24, 2.45) is 0 Å². The largest absolute Gasteiger partial charge is 0.465 e. The minimum atomic E-state index is -3.63. The third kappa shape index (κ3) is 5.05. The number of carbonyl (C=O) groups excluding carboxylic acids is 2. The van der Waals surface area contributed by atoms with Crippen molar-refractivity contribution < 1.29 is 22.7 Å². The molecule has 0 radical (unpaired) electrons. The van der Waals surface area contributed by atoms with Gasteiger partial charge < -0.3 is 9.64 Å². The van der Waals surface area contributed by atoms with Crippen LogP contribution in [0.1, 0.15) is 26.3 Å². The predicted octanol–water partition coefficient (Wildman–Crippen LogP) is 3.61. The molecule has 9 heteroatoms. The maximum atomic E-state index is 12.7. The molecule has 0 saturated heterocycles. The fourth-order valence-corrected chi connectivity index (χ4v) is 4.78. The molecule has 0 bridgehead atoms. The summed E-state index contributed by atoms with van der Waals surface area (Å²) >= 11 is 1.13. The summed E-state index contributed by atoms with van der Waals surface area (Å²) in [7, 11) is -0.640. The maximum Gasteiger partial charge on any atom is 0.337 e. The van der Waals surface area contributed by atoms with Crippen molar-refractivity contribution in [2.45, 2.75) is 10.8 Å². The Kier molecular flexibility index (Phi) is 6.53. The molecule has 0 atom stereocenters. The molecule has 0 saturated carbocycles. The van der Waals surface area contributed by atoms with E-state index in [0.717, 1.165) is 16.9 Å². The van der Waals surface area contributed by atoms with E-state index in [1.807, 2.05) is 0 Å². The molecule has 3 rings (SSSR count). The number of methoxy groups -OCH3 is 1. The summed E-state index contributed by atoms with van der Waals surface area (Å²) in [5, 5.41) is 1.69. The number of anilines is 1. The molecule has 0 aliphatic rings. The lowest BCUT2D eigenvalue weighted by Crippen LogP contribution is -2.26. The molecule has 0 unspecified atom stereocenters. The standard InChI is InChI=1S/C21H20N2O5S2/c1-23(14-15-5-7-17(8-6-15)21(25)28-2)20(24)16-9-11-18(12-10-16)22-30(26,27)19-4-3-13-29-19/h3-13,22H,14H2,1-2H3. The average Bonchev–Trinajstić information content (AvgIpc) is 3.29. The summed E-state index contributed by atoms with van der Waals surface area (Å²) in [6.07, 6.45) is 0. The number of rotatable bonds is 7. The molecule has 156 valence electrons. The van der Waals surface area contributed by atoms with E-state index in [-0.39, 0.29) is 10.1 Å². The lowest BCUT2D eigenvalue weighted by atomic mass is 10.1. The maximum absolute atomic E-state index is 12.7. The first kappa shape index (κ1) is 21.5. The molecule has 0 aliphatic carbocycles. The summed E-state index contributed by atoms with van der Waals surface area (Å²) < 4.78 is 31.9. The summed E-state index contributed by atoms with van der Waals surface area (Å²) in [6, 6.07) is 16.3. The minimum Gasteiger partial charge on any atom is -0.465 e. The molecule has 30 heavy (non-hydrogen) atoms. The zero-order valence-corrected chi connectivity index (χ0v) is 18.0. The first-order valence-corrected chi connectivity index (χ1v) is 11.3. The van der Waals surface area contributed by atoms with Gasteiger partial charge in [0.05, 0.1) is 12.7 Å². The summed E-state index contributed by atoms with van der Waals surface area (Å²) in [4.78, 5) is 25.7. The van der Waals surface area contributed by atoms with Gasteiger partial charge in [-0.25, -0.2) is 13.2 Å². The van der Waals surface area contributed by atoms with Crippen LogP contribution in [0.5, 0.6) is 0 Å². The minimum absolute atomic E-state index is 0.209. The second kappa shape index (κ2) is 9.10. The number of amides is 1. The normalized spacial score (nSPS) is 11.0. The van der Waals surface area contributed by atoms with Crippen molar-refractivity contribution in [3.63, 3.8) is 0 Å². The Labute approximate surface area is 179 Å². The number of sulfonamides is 1. The van der Waals surface area contributed by atoms with Crippen LogP contribution in [-0.4, -0.2) is 39.4 Å². The van der Waals surface area contributed by atoms with Crippen LogP contribution in [0.15, 0.2) is 70.3 Å². The van der Waals surface area contributed by atoms with E-state index in [1.54, 1.807) is 67.0 Å². The molecular weight excluding hydrogens is 424 g/mol. The third-order valence-electron chi connectivity index (χ3n) is 4.29. The lowest BCUT2D eigenvalue weighted by molar-refractivity contribution is 0.0600. The van der Waals surface area contributed by atoms with Crippen LogP contribution in [0.25, 0.3) is 0 Å². The number of nitrogens with zero attached hydrogens (tertiary/aromatic N) is 1. The van der Waals surface area contributed by atoms with Crippen molar-refractivity contribution in [1.82, 2.24) is 4.90 Å². The van der Waals surface area contributed by atoms with Gasteiger partial charge in [-0.05, 0) is 53.4 Å². The Hall–Kier alpha value is -3.17. The van der Waals surface area contributed by atoms with Gasteiger partial charge in [-0.2, -0.15) is 0 Å². The lowest BCUT2D eigenvalue weighted by Gasteiger charge is -2.18. The van der Waals surface area contributed by atoms with Gasteiger partial charge in [-0.1, -0.05) is 18.2 Å². The molecule has 1 heterocycles. The molecule has 0 spiro atoms. The van der Waals surface area contributed by atoms with Gasteiger partial charge in [0, 0.05) is 24.8 Å². The molecule has 1 amide bonds. The number of thiophene rings is 1. The molecule has 2 aromatic carbocycles. The second-order valence-corrected chi connectivity index (χ2v) is 9.32. The molecule has 0 fully saturated rings. The highest BCUT2D eigenvalue weighted by Gasteiger charge is 2.16. The fourth-order valence-electron chi connectivity index (χ4n) is 2.73. The highest BCUT2D eigenvalue weighted by molar-refractivity contribution is 7.94. The van der Waals surface area contributed by atoms with E-state index in [1.165, 1.54) is 18.1 Å². The van der Waals surface area contributed by atoms with Gasteiger partial charge in [-0.15, -0.1) is 11.3 Å². The summed E-state index contributed by atoms with van der Waals surface area (Å²) in [5.74, 6) is -0.625. The van der Waals surface area contributed by atoms with E-state index >= 15 is 0 Å². The number of esters is 1. The monoisotopic (exact) mass is 444 g/mol. The molecule has 7 nitrogen and oxygen atoms in total. The second-order valence-electron chi connectivity index (χ2n) is 6.46. The van der Waals surface area contributed by atoms with Crippen LogP contribution in [0.2, 0.25) is 0 Å². The highest BCUT2D eigenvalue weighted by atomic mass is 32.2. The first-order valence-electron chi connectivity index (χ1n) is 8.89. The van der Waals surface area contributed by atoms with Crippen LogP contribution >= 0.6 is 11.3 Å². The molecule has 3 aromatic rings. The highest BCUT2D eigenvalue weighted by Crippen LogP contribution is 2.21. The summed E-state index contributed by atoms with van der Waals surface area (Å²) in [6.45, 7) is 0.354. The molecule has 1 aromatic heterocycles. The number of ether oxygens (including phenoxy) is 1.